The van der Waals surface area contributed by atoms with Crippen LogP contribution >= 0.6 is 0 Å². The van der Waals surface area contributed by atoms with Crippen LogP contribution in [0.5, 0.6) is 5.75 Å². The predicted molar refractivity (Wildman–Crippen MR) is 60.8 cm³/mol. The summed E-state index contributed by atoms with van der Waals surface area (Å²) in [5.74, 6) is 1.75. The Morgan fingerprint density at radius 2 is 1.79 bits per heavy atom. The first kappa shape index (κ1) is 11.1. The molecule has 0 spiro atoms. The number of benzene rings is 1. The number of rotatable bonds is 5. The monoisotopic (exact) mass is 192 g/mol. The van der Waals surface area contributed by atoms with E-state index in [1.165, 1.54) is 18.4 Å². The standard InChI is InChI=1S/C13H20O/c1-4-14-13-9-7-12(8-10-13)6-5-11(2)3/h7-11H,4-6H2,1-3H3. The van der Waals surface area contributed by atoms with E-state index >= 15 is 0 Å². The number of ether oxygens (including phenoxy) is 1. The molecule has 0 radical (unpaired) electrons. The van der Waals surface area contributed by atoms with Crippen LogP contribution in [0.2, 0.25) is 0 Å². The first-order valence-electron chi connectivity index (χ1n) is 5.44. The van der Waals surface area contributed by atoms with Gasteiger partial charge in [0, 0.05) is 0 Å². The zero-order valence-electron chi connectivity index (χ0n) is 9.42. The van der Waals surface area contributed by atoms with Crippen LogP contribution in [0.4, 0.5) is 0 Å². The average Bonchev–Trinajstić information content (AvgIpc) is 2.17. The molecule has 78 valence electrons. The molecule has 0 aliphatic heterocycles. The predicted octanol–water partition coefficient (Wildman–Crippen LogP) is 3.67. The zero-order valence-corrected chi connectivity index (χ0v) is 9.42. The maximum absolute atomic E-state index is 5.39. The lowest BCUT2D eigenvalue weighted by molar-refractivity contribution is 0.340. The molecule has 0 saturated carbocycles. The molecular weight excluding hydrogens is 172 g/mol. The van der Waals surface area contributed by atoms with E-state index in [0.717, 1.165) is 18.3 Å². The van der Waals surface area contributed by atoms with Crippen LogP contribution < -0.4 is 4.74 Å². The number of hydrogen-bond donors (Lipinski definition) is 0. The van der Waals surface area contributed by atoms with E-state index in [0.29, 0.717) is 0 Å². The SMILES string of the molecule is CCOc1ccc(CCC(C)C)cc1. The molecule has 1 heteroatoms. The van der Waals surface area contributed by atoms with Crippen LogP contribution in [-0.4, -0.2) is 6.61 Å². The Kier molecular flexibility index (Phi) is 4.51. The summed E-state index contributed by atoms with van der Waals surface area (Å²) in [5.41, 5.74) is 1.40. The molecule has 0 aliphatic carbocycles. The van der Waals surface area contributed by atoms with Crippen LogP contribution in [0.25, 0.3) is 0 Å². The maximum Gasteiger partial charge on any atom is 0.119 e. The van der Waals surface area contributed by atoms with Crippen molar-refractivity contribution in [3.05, 3.63) is 29.8 Å². The van der Waals surface area contributed by atoms with Gasteiger partial charge in [0.25, 0.3) is 0 Å². The van der Waals surface area contributed by atoms with Crippen molar-refractivity contribution in [2.24, 2.45) is 5.92 Å². The first-order valence-corrected chi connectivity index (χ1v) is 5.44. The van der Waals surface area contributed by atoms with Crippen molar-refractivity contribution >= 4 is 0 Å². The van der Waals surface area contributed by atoms with Gasteiger partial charge in [-0.3, -0.25) is 0 Å². The smallest absolute Gasteiger partial charge is 0.119 e. The van der Waals surface area contributed by atoms with E-state index in [-0.39, 0.29) is 0 Å². The molecule has 0 aromatic heterocycles. The second-order valence-corrected chi connectivity index (χ2v) is 4.01. The summed E-state index contributed by atoms with van der Waals surface area (Å²) >= 11 is 0. The largest absolute Gasteiger partial charge is 0.494 e. The van der Waals surface area contributed by atoms with Gasteiger partial charge in [0.05, 0.1) is 6.61 Å². The number of hydrogen-bond acceptors (Lipinski definition) is 1. The fraction of sp³-hybridized carbons (Fsp3) is 0.538. The normalized spacial score (nSPS) is 10.6. The minimum Gasteiger partial charge on any atom is -0.494 e. The third-order valence-electron chi connectivity index (χ3n) is 2.24. The van der Waals surface area contributed by atoms with Crippen molar-refractivity contribution in [3.63, 3.8) is 0 Å². The van der Waals surface area contributed by atoms with Gasteiger partial charge in [-0.25, -0.2) is 0 Å². The molecule has 0 heterocycles. The Morgan fingerprint density at radius 1 is 1.14 bits per heavy atom. The van der Waals surface area contributed by atoms with Crippen molar-refractivity contribution in [2.75, 3.05) is 6.61 Å². The Bertz CT molecular complexity index is 248. The van der Waals surface area contributed by atoms with E-state index in [4.69, 9.17) is 4.74 Å². The Balaban J connectivity index is 2.46. The van der Waals surface area contributed by atoms with Crippen molar-refractivity contribution in [2.45, 2.75) is 33.6 Å². The summed E-state index contributed by atoms with van der Waals surface area (Å²) in [6, 6.07) is 8.43. The molecule has 14 heavy (non-hydrogen) atoms. The van der Waals surface area contributed by atoms with Crippen molar-refractivity contribution in [1.82, 2.24) is 0 Å². The highest BCUT2D eigenvalue weighted by atomic mass is 16.5. The summed E-state index contributed by atoms with van der Waals surface area (Å²) in [6.07, 6.45) is 2.43. The van der Waals surface area contributed by atoms with Gasteiger partial charge in [-0.15, -0.1) is 0 Å². The summed E-state index contributed by atoms with van der Waals surface area (Å²) in [6.45, 7) is 7.27. The third kappa shape index (κ3) is 3.82. The summed E-state index contributed by atoms with van der Waals surface area (Å²) in [4.78, 5) is 0. The molecule has 0 amide bonds. The lowest BCUT2D eigenvalue weighted by atomic mass is 10.0. The average molecular weight is 192 g/mol. The molecule has 1 aromatic rings. The molecule has 0 bridgehead atoms. The van der Waals surface area contributed by atoms with Gasteiger partial charge in [0.2, 0.25) is 0 Å². The summed E-state index contributed by atoms with van der Waals surface area (Å²) < 4.78 is 5.39. The van der Waals surface area contributed by atoms with Crippen LogP contribution in [0, 0.1) is 5.92 Å². The second-order valence-electron chi connectivity index (χ2n) is 4.01. The quantitative estimate of drug-likeness (QED) is 0.691. The van der Waals surface area contributed by atoms with Crippen molar-refractivity contribution in [3.8, 4) is 5.75 Å². The minimum atomic E-state index is 0.741. The van der Waals surface area contributed by atoms with Crippen LogP contribution in [-0.2, 0) is 6.42 Å². The highest BCUT2D eigenvalue weighted by molar-refractivity contribution is 5.27. The lowest BCUT2D eigenvalue weighted by Crippen LogP contribution is -1.94. The van der Waals surface area contributed by atoms with E-state index < -0.39 is 0 Å². The van der Waals surface area contributed by atoms with Crippen LogP contribution in [0.15, 0.2) is 24.3 Å². The Hall–Kier alpha value is -0.980. The van der Waals surface area contributed by atoms with Crippen LogP contribution in [0.1, 0.15) is 32.8 Å². The highest BCUT2D eigenvalue weighted by Crippen LogP contribution is 2.14. The first-order chi connectivity index (χ1) is 6.72. The molecule has 1 rings (SSSR count). The Labute approximate surface area is 87.1 Å². The minimum absolute atomic E-state index is 0.741. The molecule has 1 nitrogen and oxygen atoms in total. The molecular formula is C13H20O. The zero-order chi connectivity index (χ0) is 10.4. The van der Waals surface area contributed by atoms with E-state index in [1.54, 1.807) is 0 Å². The molecule has 1 aromatic carbocycles. The molecule has 0 unspecified atom stereocenters. The van der Waals surface area contributed by atoms with Gasteiger partial charge in [0.1, 0.15) is 5.75 Å². The molecule has 0 aliphatic rings. The fourth-order valence-corrected chi connectivity index (χ4v) is 1.37. The van der Waals surface area contributed by atoms with E-state index in [9.17, 15) is 0 Å². The van der Waals surface area contributed by atoms with Crippen LogP contribution in [0.3, 0.4) is 0 Å². The molecule has 0 saturated heterocycles. The van der Waals surface area contributed by atoms with Gasteiger partial charge in [-0.2, -0.15) is 0 Å². The van der Waals surface area contributed by atoms with E-state index in [2.05, 4.69) is 38.1 Å². The third-order valence-corrected chi connectivity index (χ3v) is 2.24. The molecule has 0 N–H and O–H groups in total. The fourth-order valence-electron chi connectivity index (χ4n) is 1.37. The topological polar surface area (TPSA) is 9.23 Å². The van der Waals surface area contributed by atoms with Gasteiger partial charge in [-0.05, 0) is 43.4 Å². The van der Waals surface area contributed by atoms with Gasteiger partial charge in [0.15, 0.2) is 0 Å². The highest BCUT2D eigenvalue weighted by Gasteiger charge is 1.97. The van der Waals surface area contributed by atoms with Gasteiger partial charge in [-0.1, -0.05) is 26.0 Å². The van der Waals surface area contributed by atoms with Crippen molar-refractivity contribution in [1.29, 1.82) is 0 Å². The second kappa shape index (κ2) is 5.69. The summed E-state index contributed by atoms with van der Waals surface area (Å²) in [5, 5.41) is 0. The van der Waals surface area contributed by atoms with Crippen molar-refractivity contribution < 1.29 is 4.74 Å². The van der Waals surface area contributed by atoms with Gasteiger partial charge >= 0.3 is 0 Å². The Morgan fingerprint density at radius 3 is 2.29 bits per heavy atom. The van der Waals surface area contributed by atoms with E-state index in [1.807, 2.05) is 6.92 Å². The molecule has 0 fully saturated rings. The molecule has 0 atom stereocenters. The van der Waals surface area contributed by atoms with Gasteiger partial charge < -0.3 is 4.74 Å². The summed E-state index contributed by atoms with van der Waals surface area (Å²) in [7, 11) is 0. The maximum atomic E-state index is 5.39. The number of aryl methyl sites for hydroxylation is 1. The lowest BCUT2D eigenvalue weighted by Gasteiger charge is -2.06.